The van der Waals surface area contributed by atoms with E-state index in [0.717, 1.165) is 36.6 Å². The molecule has 1 aromatic rings. The second kappa shape index (κ2) is 4.98. The summed E-state index contributed by atoms with van der Waals surface area (Å²) < 4.78 is 0. The van der Waals surface area contributed by atoms with Crippen molar-refractivity contribution in [2.45, 2.75) is 26.7 Å². The van der Waals surface area contributed by atoms with Crippen LogP contribution in [0.5, 0.6) is 0 Å². The molecule has 2 rings (SSSR count). The van der Waals surface area contributed by atoms with Crippen LogP contribution in [0, 0.1) is 31.1 Å². The normalized spacial score (nSPS) is 16.9. The van der Waals surface area contributed by atoms with E-state index in [0.29, 0.717) is 0 Å². The maximum atomic E-state index is 8.90. The number of anilines is 1. The van der Waals surface area contributed by atoms with Crippen molar-refractivity contribution < 1.29 is 0 Å². The van der Waals surface area contributed by atoms with Gasteiger partial charge in [-0.3, -0.25) is 0 Å². The lowest BCUT2D eigenvalue weighted by Crippen LogP contribution is -2.33. The third-order valence-electron chi connectivity index (χ3n) is 3.39. The summed E-state index contributed by atoms with van der Waals surface area (Å²) in [5.41, 5.74) is 3.57. The monoisotopic (exact) mass is 248 g/mol. The van der Waals surface area contributed by atoms with E-state index in [-0.39, 0.29) is 5.92 Å². The van der Waals surface area contributed by atoms with Gasteiger partial charge in [0, 0.05) is 19.0 Å². The molecule has 0 spiro atoms. The van der Waals surface area contributed by atoms with Crippen LogP contribution < -0.4 is 4.90 Å². The summed E-state index contributed by atoms with van der Waals surface area (Å²) in [5.74, 6) is 0.218. The molecule has 0 unspecified atom stereocenters. The Bertz CT molecular complexity index is 431. The molecular formula is C14H17ClN2. The molecule has 1 saturated heterocycles. The summed E-state index contributed by atoms with van der Waals surface area (Å²) in [7, 11) is 0. The van der Waals surface area contributed by atoms with E-state index in [1.165, 1.54) is 11.1 Å². The zero-order chi connectivity index (χ0) is 12.4. The number of hydrogen-bond donors (Lipinski definition) is 0. The van der Waals surface area contributed by atoms with Crippen LogP contribution in [0.25, 0.3) is 0 Å². The molecule has 0 radical (unpaired) electrons. The first-order chi connectivity index (χ1) is 8.11. The molecular weight excluding hydrogens is 232 g/mol. The molecule has 0 bridgehead atoms. The van der Waals surface area contributed by atoms with Crippen LogP contribution in [-0.2, 0) is 0 Å². The van der Waals surface area contributed by atoms with Gasteiger partial charge in [-0.25, -0.2) is 0 Å². The van der Waals surface area contributed by atoms with Crippen molar-refractivity contribution in [1.29, 1.82) is 5.26 Å². The highest BCUT2D eigenvalue weighted by atomic mass is 35.5. The molecule has 0 saturated carbocycles. The molecule has 0 aromatic heterocycles. The highest BCUT2D eigenvalue weighted by Crippen LogP contribution is 2.33. The summed E-state index contributed by atoms with van der Waals surface area (Å²) >= 11 is 6.33. The highest BCUT2D eigenvalue weighted by Gasteiger charge is 2.21. The third-order valence-corrected chi connectivity index (χ3v) is 3.68. The highest BCUT2D eigenvalue weighted by molar-refractivity contribution is 6.33. The first-order valence-corrected chi connectivity index (χ1v) is 6.41. The van der Waals surface area contributed by atoms with Gasteiger partial charge in [0.15, 0.2) is 0 Å². The number of benzene rings is 1. The van der Waals surface area contributed by atoms with E-state index in [1.807, 2.05) is 6.07 Å². The van der Waals surface area contributed by atoms with Gasteiger partial charge in [-0.1, -0.05) is 17.7 Å². The van der Waals surface area contributed by atoms with Crippen LogP contribution in [0.4, 0.5) is 5.69 Å². The Morgan fingerprint density at radius 3 is 2.47 bits per heavy atom. The number of nitrogens with zero attached hydrogens (tertiary/aromatic N) is 2. The summed E-state index contributed by atoms with van der Waals surface area (Å²) in [5, 5.41) is 9.73. The van der Waals surface area contributed by atoms with Crippen molar-refractivity contribution in [3.05, 3.63) is 28.3 Å². The van der Waals surface area contributed by atoms with Crippen molar-refractivity contribution in [3.63, 3.8) is 0 Å². The Morgan fingerprint density at radius 2 is 1.94 bits per heavy atom. The number of halogens is 1. The Labute approximate surface area is 108 Å². The zero-order valence-corrected chi connectivity index (χ0v) is 11.1. The number of rotatable bonds is 1. The fourth-order valence-electron chi connectivity index (χ4n) is 2.54. The molecule has 2 nitrogen and oxygen atoms in total. The Morgan fingerprint density at radius 1 is 1.29 bits per heavy atom. The average molecular weight is 249 g/mol. The van der Waals surface area contributed by atoms with Gasteiger partial charge in [0.05, 0.1) is 16.8 Å². The zero-order valence-electron chi connectivity index (χ0n) is 10.3. The van der Waals surface area contributed by atoms with Gasteiger partial charge in [-0.05, 0) is 43.9 Å². The Kier molecular flexibility index (Phi) is 3.59. The van der Waals surface area contributed by atoms with Gasteiger partial charge < -0.3 is 4.90 Å². The fourth-order valence-corrected chi connectivity index (χ4v) is 2.98. The fraction of sp³-hybridized carbons (Fsp3) is 0.500. The topological polar surface area (TPSA) is 27.0 Å². The van der Waals surface area contributed by atoms with Gasteiger partial charge in [0.25, 0.3) is 0 Å². The van der Waals surface area contributed by atoms with Crippen LogP contribution in [0.1, 0.15) is 24.0 Å². The largest absolute Gasteiger partial charge is 0.370 e. The summed E-state index contributed by atoms with van der Waals surface area (Å²) in [6.45, 7) is 6.03. The van der Waals surface area contributed by atoms with Crippen LogP contribution >= 0.6 is 11.6 Å². The lowest BCUT2D eigenvalue weighted by Gasteiger charge is -2.33. The van der Waals surface area contributed by atoms with Crippen molar-refractivity contribution >= 4 is 17.3 Å². The molecule has 1 fully saturated rings. The second-order valence-corrected chi connectivity index (χ2v) is 5.21. The lowest BCUT2D eigenvalue weighted by molar-refractivity contribution is 0.487. The van der Waals surface area contributed by atoms with Gasteiger partial charge in [-0.15, -0.1) is 0 Å². The van der Waals surface area contributed by atoms with Crippen LogP contribution in [-0.4, -0.2) is 13.1 Å². The van der Waals surface area contributed by atoms with Crippen molar-refractivity contribution in [2.24, 2.45) is 5.92 Å². The van der Waals surface area contributed by atoms with Crippen molar-refractivity contribution in [2.75, 3.05) is 18.0 Å². The van der Waals surface area contributed by atoms with Gasteiger partial charge >= 0.3 is 0 Å². The lowest BCUT2D eigenvalue weighted by atomic mass is 9.97. The average Bonchev–Trinajstić information content (AvgIpc) is 2.28. The number of piperidine rings is 1. The number of aryl methyl sites for hydroxylation is 2. The van der Waals surface area contributed by atoms with Crippen LogP contribution in [0.2, 0.25) is 5.02 Å². The summed E-state index contributed by atoms with van der Waals surface area (Å²) in [6, 6.07) is 6.53. The van der Waals surface area contributed by atoms with E-state index in [9.17, 15) is 0 Å². The minimum atomic E-state index is 0.218. The van der Waals surface area contributed by atoms with E-state index in [1.54, 1.807) is 0 Å². The second-order valence-electron chi connectivity index (χ2n) is 4.80. The van der Waals surface area contributed by atoms with Crippen LogP contribution in [0.15, 0.2) is 12.1 Å². The van der Waals surface area contributed by atoms with E-state index in [2.05, 4.69) is 30.9 Å². The van der Waals surface area contributed by atoms with Crippen molar-refractivity contribution in [1.82, 2.24) is 0 Å². The number of nitriles is 1. The summed E-state index contributed by atoms with van der Waals surface area (Å²) in [6.07, 6.45) is 1.89. The Balaban J connectivity index is 2.22. The molecule has 3 heteroatoms. The van der Waals surface area contributed by atoms with Crippen LogP contribution in [0.3, 0.4) is 0 Å². The minimum absolute atomic E-state index is 0.218. The standard InChI is InChI=1S/C14H17ClN2/c1-10-7-11(2)14(13(15)8-10)17-5-3-12(9-16)4-6-17/h7-8,12H,3-6H2,1-2H3. The molecule has 0 N–H and O–H groups in total. The quantitative estimate of drug-likeness (QED) is 0.758. The van der Waals surface area contributed by atoms with E-state index >= 15 is 0 Å². The summed E-state index contributed by atoms with van der Waals surface area (Å²) in [4.78, 5) is 2.31. The van der Waals surface area contributed by atoms with Gasteiger partial charge in [0.1, 0.15) is 0 Å². The molecule has 0 atom stereocenters. The molecule has 90 valence electrons. The molecule has 0 aliphatic carbocycles. The van der Waals surface area contributed by atoms with E-state index < -0.39 is 0 Å². The SMILES string of the molecule is Cc1cc(C)c(N2CCC(C#N)CC2)c(Cl)c1. The van der Waals surface area contributed by atoms with Crippen molar-refractivity contribution in [3.8, 4) is 6.07 Å². The van der Waals surface area contributed by atoms with Gasteiger partial charge in [0.2, 0.25) is 0 Å². The predicted molar refractivity (Wildman–Crippen MR) is 71.5 cm³/mol. The third kappa shape index (κ3) is 2.56. The van der Waals surface area contributed by atoms with E-state index in [4.69, 9.17) is 16.9 Å². The maximum Gasteiger partial charge on any atom is 0.0657 e. The smallest absolute Gasteiger partial charge is 0.0657 e. The first-order valence-electron chi connectivity index (χ1n) is 6.03. The molecule has 1 aliphatic heterocycles. The maximum absolute atomic E-state index is 8.90. The van der Waals surface area contributed by atoms with Gasteiger partial charge in [-0.2, -0.15) is 5.26 Å². The Hall–Kier alpha value is -1.20. The first kappa shape index (κ1) is 12.3. The molecule has 1 heterocycles. The molecule has 1 aromatic carbocycles. The minimum Gasteiger partial charge on any atom is -0.370 e. The number of hydrogen-bond acceptors (Lipinski definition) is 2. The molecule has 17 heavy (non-hydrogen) atoms. The predicted octanol–water partition coefficient (Wildman–Crippen LogP) is 3.70. The molecule has 1 aliphatic rings. The molecule has 0 amide bonds.